The summed E-state index contributed by atoms with van der Waals surface area (Å²) in [6.45, 7) is 9.61. The molecule has 3 heteroatoms. The maximum atomic E-state index is 9.68. The van der Waals surface area contributed by atoms with E-state index in [1.165, 1.54) is 29.8 Å². The molecule has 19 heavy (non-hydrogen) atoms. The lowest BCUT2D eigenvalue weighted by Crippen LogP contribution is -2.29. The van der Waals surface area contributed by atoms with Crippen LogP contribution in [0.1, 0.15) is 49.6 Å². The smallest absolute Gasteiger partial charge is 0.0543 e. The van der Waals surface area contributed by atoms with Gasteiger partial charge in [0.2, 0.25) is 0 Å². The summed E-state index contributed by atoms with van der Waals surface area (Å²) < 4.78 is 2.36. The quantitative estimate of drug-likeness (QED) is 0.858. The van der Waals surface area contributed by atoms with Gasteiger partial charge in [-0.2, -0.15) is 0 Å². The second-order valence-electron chi connectivity index (χ2n) is 5.96. The minimum absolute atomic E-state index is 0.0642. The van der Waals surface area contributed by atoms with Crippen molar-refractivity contribution in [2.75, 3.05) is 6.54 Å². The molecule has 0 saturated heterocycles. The highest BCUT2D eigenvalue weighted by atomic mass is 16.3. The first-order chi connectivity index (χ1) is 9.11. The molecule has 2 atom stereocenters. The van der Waals surface area contributed by atoms with Gasteiger partial charge in [-0.05, 0) is 64.1 Å². The molecule has 2 N–H and O–H groups in total. The standard InChI is InChI=1S/C16H28N2O/c1-4-18-12(2)8-15(13(18)3)11-17-10-14-6-5-7-16(19)9-14/h8,14,16-17,19H,4-7,9-11H2,1-3H3. The predicted molar refractivity (Wildman–Crippen MR) is 79.3 cm³/mol. The molecule has 1 fully saturated rings. The van der Waals surface area contributed by atoms with Gasteiger partial charge in [-0.25, -0.2) is 0 Å². The van der Waals surface area contributed by atoms with E-state index in [1.54, 1.807) is 0 Å². The molecule has 1 aliphatic rings. The molecule has 2 unspecified atom stereocenters. The van der Waals surface area contributed by atoms with Crippen LogP contribution in [0, 0.1) is 19.8 Å². The van der Waals surface area contributed by atoms with Gasteiger partial charge in [0.1, 0.15) is 0 Å². The zero-order chi connectivity index (χ0) is 13.8. The van der Waals surface area contributed by atoms with Gasteiger partial charge in [0.15, 0.2) is 0 Å². The Kier molecular flexibility index (Phi) is 5.06. The highest BCUT2D eigenvalue weighted by Gasteiger charge is 2.19. The van der Waals surface area contributed by atoms with E-state index in [1.807, 2.05) is 0 Å². The van der Waals surface area contributed by atoms with Gasteiger partial charge in [0.25, 0.3) is 0 Å². The average molecular weight is 264 g/mol. The summed E-state index contributed by atoms with van der Waals surface area (Å²) in [6, 6.07) is 2.29. The maximum Gasteiger partial charge on any atom is 0.0543 e. The molecular formula is C16H28N2O. The number of hydrogen-bond donors (Lipinski definition) is 2. The third-order valence-electron chi connectivity index (χ3n) is 4.50. The Bertz CT molecular complexity index is 411. The Morgan fingerprint density at radius 3 is 2.79 bits per heavy atom. The molecule has 0 spiro atoms. The third kappa shape index (κ3) is 3.61. The van der Waals surface area contributed by atoms with Crippen molar-refractivity contribution in [1.82, 2.24) is 9.88 Å². The second kappa shape index (κ2) is 6.58. The maximum absolute atomic E-state index is 9.68. The van der Waals surface area contributed by atoms with Gasteiger partial charge in [0.05, 0.1) is 6.10 Å². The van der Waals surface area contributed by atoms with Crippen LogP contribution in [0.3, 0.4) is 0 Å². The first-order valence-corrected chi connectivity index (χ1v) is 7.66. The highest BCUT2D eigenvalue weighted by Crippen LogP contribution is 2.23. The van der Waals surface area contributed by atoms with E-state index < -0.39 is 0 Å². The van der Waals surface area contributed by atoms with E-state index in [4.69, 9.17) is 0 Å². The molecule has 0 bridgehead atoms. The van der Waals surface area contributed by atoms with Crippen molar-refractivity contribution in [3.63, 3.8) is 0 Å². The van der Waals surface area contributed by atoms with Crippen LogP contribution < -0.4 is 5.32 Å². The second-order valence-corrected chi connectivity index (χ2v) is 5.96. The topological polar surface area (TPSA) is 37.2 Å². The highest BCUT2D eigenvalue weighted by molar-refractivity contribution is 5.26. The molecule has 108 valence electrons. The average Bonchev–Trinajstić information content (AvgIpc) is 2.64. The van der Waals surface area contributed by atoms with Crippen molar-refractivity contribution in [2.24, 2.45) is 5.92 Å². The van der Waals surface area contributed by atoms with Crippen molar-refractivity contribution in [3.05, 3.63) is 23.0 Å². The SMILES string of the molecule is CCn1c(C)cc(CNCC2CCCC(O)C2)c1C. The van der Waals surface area contributed by atoms with Gasteiger partial charge < -0.3 is 15.0 Å². The first-order valence-electron chi connectivity index (χ1n) is 7.66. The van der Waals surface area contributed by atoms with Crippen LogP contribution in [0.15, 0.2) is 6.07 Å². The van der Waals surface area contributed by atoms with Crippen LogP contribution in [0.25, 0.3) is 0 Å². The van der Waals surface area contributed by atoms with E-state index in [0.717, 1.165) is 32.5 Å². The molecule has 1 aliphatic carbocycles. The van der Waals surface area contributed by atoms with Crippen LogP contribution in [0.4, 0.5) is 0 Å². The fraction of sp³-hybridized carbons (Fsp3) is 0.750. The van der Waals surface area contributed by atoms with Crippen molar-refractivity contribution in [2.45, 2.75) is 65.6 Å². The number of aliphatic hydroxyl groups is 1. The van der Waals surface area contributed by atoms with Gasteiger partial charge in [-0.1, -0.05) is 6.42 Å². The van der Waals surface area contributed by atoms with Crippen LogP contribution in [-0.2, 0) is 13.1 Å². The van der Waals surface area contributed by atoms with Gasteiger partial charge in [0, 0.05) is 24.5 Å². The molecule has 2 rings (SSSR count). The van der Waals surface area contributed by atoms with E-state index in [2.05, 4.69) is 36.7 Å². The van der Waals surface area contributed by atoms with Gasteiger partial charge in [-0.3, -0.25) is 0 Å². The fourth-order valence-corrected chi connectivity index (χ4v) is 3.40. The molecule has 0 aliphatic heterocycles. The minimum atomic E-state index is -0.0642. The third-order valence-corrected chi connectivity index (χ3v) is 4.50. The van der Waals surface area contributed by atoms with E-state index in [-0.39, 0.29) is 6.10 Å². The molecular weight excluding hydrogens is 236 g/mol. The van der Waals surface area contributed by atoms with E-state index in [9.17, 15) is 5.11 Å². The monoisotopic (exact) mass is 264 g/mol. The molecule has 1 aromatic rings. The fourth-order valence-electron chi connectivity index (χ4n) is 3.40. The summed E-state index contributed by atoms with van der Waals surface area (Å²) in [5.74, 6) is 0.651. The first kappa shape index (κ1) is 14.6. The number of rotatable bonds is 5. The lowest BCUT2D eigenvalue weighted by atomic mass is 9.87. The van der Waals surface area contributed by atoms with Gasteiger partial charge in [-0.15, -0.1) is 0 Å². The van der Waals surface area contributed by atoms with Crippen molar-refractivity contribution in [3.8, 4) is 0 Å². The Hall–Kier alpha value is -0.800. The number of nitrogens with one attached hydrogen (secondary N) is 1. The van der Waals surface area contributed by atoms with Crippen molar-refractivity contribution >= 4 is 0 Å². The number of aliphatic hydroxyl groups excluding tert-OH is 1. The predicted octanol–water partition coefficient (Wildman–Crippen LogP) is 2.77. The van der Waals surface area contributed by atoms with Gasteiger partial charge >= 0.3 is 0 Å². The Morgan fingerprint density at radius 2 is 2.16 bits per heavy atom. The lowest BCUT2D eigenvalue weighted by Gasteiger charge is -2.26. The summed E-state index contributed by atoms with van der Waals surface area (Å²) in [6.07, 6.45) is 4.34. The summed E-state index contributed by atoms with van der Waals surface area (Å²) in [4.78, 5) is 0. The van der Waals surface area contributed by atoms with Crippen LogP contribution >= 0.6 is 0 Å². The van der Waals surface area contributed by atoms with E-state index >= 15 is 0 Å². The van der Waals surface area contributed by atoms with Crippen LogP contribution in [0.2, 0.25) is 0 Å². The molecule has 1 aromatic heterocycles. The van der Waals surface area contributed by atoms with Crippen LogP contribution in [-0.4, -0.2) is 22.3 Å². The molecule has 1 saturated carbocycles. The zero-order valence-corrected chi connectivity index (χ0v) is 12.6. The number of aromatic nitrogens is 1. The molecule has 0 radical (unpaired) electrons. The Morgan fingerprint density at radius 1 is 1.37 bits per heavy atom. The molecule has 0 amide bonds. The van der Waals surface area contributed by atoms with Crippen molar-refractivity contribution in [1.29, 1.82) is 0 Å². The number of aryl methyl sites for hydroxylation is 1. The molecule has 1 heterocycles. The minimum Gasteiger partial charge on any atom is -0.393 e. The molecule has 3 nitrogen and oxygen atoms in total. The lowest BCUT2D eigenvalue weighted by molar-refractivity contribution is 0.101. The van der Waals surface area contributed by atoms with E-state index in [0.29, 0.717) is 5.92 Å². The summed E-state index contributed by atoms with van der Waals surface area (Å²) >= 11 is 0. The summed E-state index contributed by atoms with van der Waals surface area (Å²) in [7, 11) is 0. The Labute approximate surface area is 117 Å². The number of hydrogen-bond acceptors (Lipinski definition) is 2. The molecule has 0 aromatic carbocycles. The van der Waals surface area contributed by atoms with Crippen LogP contribution in [0.5, 0.6) is 0 Å². The summed E-state index contributed by atoms with van der Waals surface area (Å²) in [5, 5.41) is 13.3. The number of nitrogens with zero attached hydrogens (tertiary/aromatic N) is 1. The zero-order valence-electron chi connectivity index (χ0n) is 12.6. The normalized spacial score (nSPS) is 23.8. The largest absolute Gasteiger partial charge is 0.393 e. The Balaban J connectivity index is 1.82. The summed E-state index contributed by atoms with van der Waals surface area (Å²) in [5.41, 5.74) is 4.15. The van der Waals surface area contributed by atoms with Crippen molar-refractivity contribution < 1.29 is 5.11 Å².